The van der Waals surface area contributed by atoms with Crippen LogP contribution in [0.1, 0.15) is 36.2 Å². The molecular weight excluding hydrogens is 354 g/mol. The Labute approximate surface area is 157 Å². The van der Waals surface area contributed by atoms with Crippen molar-refractivity contribution in [2.75, 3.05) is 6.61 Å². The van der Waals surface area contributed by atoms with Gasteiger partial charge in [-0.3, -0.25) is 14.3 Å². The number of carbonyl (C=O) groups excluding carboxylic acids is 2. The average molecular weight is 376 g/mol. The number of benzene rings is 1. The van der Waals surface area contributed by atoms with Crippen LogP contribution >= 0.6 is 11.6 Å². The minimum Gasteiger partial charge on any atom is -0.466 e. The van der Waals surface area contributed by atoms with Crippen LogP contribution in [0.2, 0.25) is 5.15 Å². The highest BCUT2D eigenvalue weighted by molar-refractivity contribution is 6.31. The summed E-state index contributed by atoms with van der Waals surface area (Å²) in [6.07, 6.45) is 3.06. The summed E-state index contributed by atoms with van der Waals surface area (Å²) in [5.74, 6) is -0.695. The van der Waals surface area contributed by atoms with E-state index < -0.39 is 6.04 Å². The average Bonchev–Trinajstić information content (AvgIpc) is 2.85. The van der Waals surface area contributed by atoms with Gasteiger partial charge in [-0.2, -0.15) is 5.10 Å². The lowest BCUT2D eigenvalue weighted by molar-refractivity contribution is -0.143. The van der Waals surface area contributed by atoms with Crippen molar-refractivity contribution in [3.05, 3.63) is 58.4 Å². The Morgan fingerprint density at radius 1 is 1.35 bits per heavy atom. The zero-order chi connectivity index (χ0) is 19.1. The maximum atomic E-state index is 12.3. The van der Waals surface area contributed by atoms with Gasteiger partial charge in [0.1, 0.15) is 5.15 Å². The van der Waals surface area contributed by atoms with E-state index in [9.17, 15) is 9.59 Å². The van der Waals surface area contributed by atoms with Crippen LogP contribution in [-0.4, -0.2) is 28.3 Å². The number of hydrogen-bond acceptors (Lipinski definition) is 4. The van der Waals surface area contributed by atoms with Crippen molar-refractivity contribution in [1.29, 1.82) is 0 Å². The maximum absolute atomic E-state index is 12.3. The molecule has 0 spiro atoms. The van der Waals surface area contributed by atoms with E-state index in [0.717, 1.165) is 11.3 Å². The Morgan fingerprint density at radius 2 is 2.04 bits per heavy atom. The molecule has 0 radical (unpaired) electrons. The highest BCUT2D eigenvalue weighted by Crippen LogP contribution is 2.21. The molecule has 0 aliphatic heterocycles. The molecule has 2 rings (SSSR count). The largest absolute Gasteiger partial charge is 0.466 e. The fourth-order valence-corrected chi connectivity index (χ4v) is 2.78. The van der Waals surface area contributed by atoms with Crippen molar-refractivity contribution in [3.63, 3.8) is 0 Å². The molecule has 0 saturated heterocycles. The number of ether oxygens (including phenoxy) is 1. The molecule has 1 aromatic heterocycles. The van der Waals surface area contributed by atoms with Crippen molar-refractivity contribution in [2.24, 2.45) is 7.05 Å². The Morgan fingerprint density at radius 3 is 2.62 bits per heavy atom. The Bertz CT molecular complexity index is 800. The van der Waals surface area contributed by atoms with Gasteiger partial charge in [0.15, 0.2) is 0 Å². The zero-order valence-electron chi connectivity index (χ0n) is 15.0. The van der Waals surface area contributed by atoms with Gasteiger partial charge >= 0.3 is 5.97 Å². The van der Waals surface area contributed by atoms with Crippen LogP contribution in [0, 0.1) is 6.92 Å². The summed E-state index contributed by atoms with van der Waals surface area (Å²) in [7, 11) is 1.73. The van der Waals surface area contributed by atoms with Crippen molar-refractivity contribution >= 4 is 29.6 Å². The van der Waals surface area contributed by atoms with Crippen molar-refractivity contribution in [1.82, 2.24) is 15.1 Å². The number of amides is 1. The Balaban J connectivity index is 2.12. The summed E-state index contributed by atoms with van der Waals surface area (Å²) < 4.78 is 6.55. The van der Waals surface area contributed by atoms with Crippen LogP contribution in [0.15, 0.2) is 36.4 Å². The minimum absolute atomic E-state index is 0.0596. The molecule has 6 nitrogen and oxygen atoms in total. The van der Waals surface area contributed by atoms with Gasteiger partial charge in [-0.05, 0) is 25.5 Å². The summed E-state index contributed by atoms with van der Waals surface area (Å²) >= 11 is 6.16. The number of nitrogens with zero attached hydrogens (tertiary/aromatic N) is 2. The van der Waals surface area contributed by atoms with E-state index in [4.69, 9.17) is 16.3 Å². The van der Waals surface area contributed by atoms with Gasteiger partial charge in [-0.1, -0.05) is 41.9 Å². The molecule has 0 aliphatic rings. The molecule has 1 atom stereocenters. The van der Waals surface area contributed by atoms with E-state index in [1.165, 1.54) is 6.08 Å². The first-order valence-electron chi connectivity index (χ1n) is 8.30. The number of aryl methyl sites for hydroxylation is 2. The van der Waals surface area contributed by atoms with Gasteiger partial charge in [-0.15, -0.1) is 0 Å². The van der Waals surface area contributed by atoms with E-state index in [1.54, 1.807) is 24.7 Å². The quantitative estimate of drug-likeness (QED) is 0.595. The lowest BCUT2D eigenvalue weighted by Crippen LogP contribution is -2.29. The molecule has 1 unspecified atom stereocenters. The highest BCUT2D eigenvalue weighted by atomic mass is 35.5. The molecule has 0 aliphatic carbocycles. The molecule has 138 valence electrons. The standard InChI is InChI=1S/C19H22ClN3O3/c1-4-26-18(25)12-16(14-8-6-5-7-9-14)21-17(24)11-10-15-13(2)22-23(3)19(15)20/h5-11,16H,4,12H2,1-3H3,(H,21,24)/b11-10+. The second kappa shape index (κ2) is 9.20. The first kappa shape index (κ1) is 19.7. The van der Waals surface area contributed by atoms with Crippen LogP contribution in [-0.2, 0) is 21.4 Å². The molecule has 0 saturated carbocycles. The molecule has 1 N–H and O–H groups in total. The molecule has 1 amide bonds. The fourth-order valence-electron chi connectivity index (χ4n) is 2.54. The minimum atomic E-state index is -0.474. The van der Waals surface area contributed by atoms with Gasteiger partial charge in [0, 0.05) is 18.7 Å². The van der Waals surface area contributed by atoms with Gasteiger partial charge in [-0.25, -0.2) is 0 Å². The van der Waals surface area contributed by atoms with Crippen molar-refractivity contribution in [3.8, 4) is 0 Å². The third-order valence-electron chi connectivity index (χ3n) is 3.79. The molecule has 1 heterocycles. The lowest BCUT2D eigenvalue weighted by atomic mass is 10.0. The fraction of sp³-hybridized carbons (Fsp3) is 0.316. The van der Waals surface area contributed by atoms with E-state index >= 15 is 0 Å². The smallest absolute Gasteiger partial charge is 0.308 e. The Kier molecular flexibility index (Phi) is 6.97. The summed E-state index contributed by atoms with van der Waals surface area (Å²) in [6, 6.07) is 8.83. The molecule has 0 fully saturated rings. The third kappa shape index (κ3) is 5.20. The first-order valence-corrected chi connectivity index (χ1v) is 8.68. The van der Waals surface area contributed by atoms with Crippen LogP contribution in [0.5, 0.6) is 0 Å². The van der Waals surface area contributed by atoms with Crippen LogP contribution in [0.25, 0.3) is 6.08 Å². The SMILES string of the molecule is CCOC(=O)CC(NC(=O)/C=C/c1c(C)nn(C)c1Cl)c1ccccc1. The van der Waals surface area contributed by atoms with Crippen LogP contribution in [0.4, 0.5) is 0 Å². The second-order valence-electron chi connectivity index (χ2n) is 5.73. The van der Waals surface area contributed by atoms with E-state index in [0.29, 0.717) is 17.3 Å². The van der Waals surface area contributed by atoms with Crippen LogP contribution in [0.3, 0.4) is 0 Å². The van der Waals surface area contributed by atoms with Gasteiger partial charge in [0.05, 0.1) is 24.8 Å². The summed E-state index contributed by atoms with van der Waals surface area (Å²) in [6.45, 7) is 3.86. The van der Waals surface area contributed by atoms with Crippen LogP contribution < -0.4 is 5.32 Å². The third-order valence-corrected chi connectivity index (χ3v) is 4.24. The monoisotopic (exact) mass is 375 g/mol. The number of hydrogen-bond donors (Lipinski definition) is 1. The van der Waals surface area contributed by atoms with E-state index in [1.807, 2.05) is 37.3 Å². The normalized spacial score (nSPS) is 12.2. The lowest BCUT2D eigenvalue weighted by Gasteiger charge is -2.17. The number of nitrogens with one attached hydrogen (secondary N) is 1. The number of aromatic nitrogens is 2. The van der Waals surface area contributed by atoms with Crippen molar-refractivity contribution in [2.45, 2.75) is 26.3 Å². The van der Waals surface area contributed by atoms with Gasteiger partial charge in [0.25, 0.3) is 0 Å². The van der Waals surface area contributed by atoms with E-state index in [-0.39, 0.29) is 18.3 Å². The van der Waals surface area contributed by atoms with E-state index in [2.05, 4.69) is 10.4 Å². The van der Waals surface area contributed by atoms with Crippen molar-refractivity contribution < 1.29 is 14.3 Å². The molecular formula is C19H22ClN3O3. The molecule has 7 heteroatoms. The Hall–Kier alpha value is -2.60. The zero-order valence-corrected chi connectivity index (χ0v) is 15.8. The number of rotatable bonds is 7. The first-order chi connectivity index (χ1) is 12.4. The van der Waals surface area contributed by atoms with Gasteiger partial charge in [0.2, 0.25) is 5.91 Å². The summed E-state index contributed by atoms with van der Waals surface area (Å²) in [5.41, 5.74) is 2.25. The number of esters is 1. The topological polar surface area (TPSA) is 73.2 Å². The molecule has 26 heavy (non-hydrogen) atoms. The number of carbonyl (C=O) groups is 2. The molecule has 1 aromatic carbocycles. The second-order valence-corrected chi connectivity index (χ2v) is 6.09. The molecule has 0 bridgehead atoms. The predicted octanol–water partition coefficient (Wildman–Crippen LogP) is 3.21. The summed E-state index contributed by atoms with van der Waals surface area (Å²) in [5, 5.41) is 7.50. The van der Waals surface area contributed by atoms with Gasteiger partial charge < -0.3 is 10.1 Å². The number of halogens is 1. The highest BCUT2D eigenvalue weighted by Gasteiger charge is 2.18. The predicted molar refractivity (Wildman–Crippen MR) is 101 cm³/mol. The molecule has 2 aromatic rings. The summed E-state index contributed by atoms with van der Waals surface area (Å²) in [4.78, 5) is 24.2. The maximum Gasteiger partial charge on any atom is 0.308 e.